The molecular formula is C20H26ClN3O3. The van der Waals surface area contributed by atoms with Gasteiger partial charge in [0.2, 0.25) is 5.91 Å². The molecule has 1 aliphatic rings. The summed E-state index contributed by atoms with van der Waals surface area (Å²) in [5.74, 6) is -0.00220. The first-order valence-electron chi connectivity index (χ1n) is 9.76. The molecular weight excluding hydrogens is 366 g/mol. The maximum atomic E-state index is 12.5. The Morgan fingerprint density at radius 3 is 2.59 bits per heavy atom. The predicted molar refractivity (Wildman–Crippen MR) is 107 cm³/mol. The molecule has 0 radical (unpaired) electrons. The fourth-order valence-corrected chi connectivity index (χ4v) is 3.90. The SMILES string of the molecule is O=C(CCCn1c(=O)[nH]c2cc(Cl)ccc2c1=O)NC1CCCCCCC1. The molecule has 1 aliphatic carbocycles. The van der Waals surface area contributed by atoms with Gasteiger partial charge in [-0.3, -0.25) is 14.2 Å². The highest BCUT2D eigenvalue weighted by Crippen LogP contribution is 2.17. The van der Waals surface area contributed by atoms with Gasteiger partial charge in [-0.2, -0.15) is 0 Å². The Bertz CT molecular complexity index is 911. The molecule has 7 heteroatoms. The molecule has 0 spiro atoms. The largest absolute Gasteiger partial charge is 0.353 e. The van der Waals surface area contributed by atoms with Gasteiger partial charge < -0.3 is 10.3 Å². The quantitative estimate of drug-likeness (QED) is 0.819. The normalized spacial score (nSPS) is 16.0. The van der Waals surface area contributed by atoms with E-state index >= 15 is 0 Å². The molecule has 6 nitrogen and oxygen atoms in total. The smallest absolute Gasteiger partial charge is 0.328 e. The number of nitrogens with zero attached hydrogens (tertiary/aromatic N) is 1. The van der Waals surface area contributed by atoms with E-state index in [0.717, 1.165) is 30.3 Å². The average Bonchev–Trinajstić information content (AvgIpc) is 2.59. The first-order valence-corrected chi connectivity index (χ1v) is 10.1. The van der Waals surface area contributed by atoms with Gasteiger partial charge in [-0.25, -0.2) is 4.79 Å². The second-order valence-electron chi connectivity index (χ2n) is 7.29. The van der Waals surface area contributed by atoms with Crippen molar-refractivity contribution in [2.24, 2.45) is 0 Å². The van der Waals surface area contributed by atoms with Crippen molar-refractivity contribution >= 4 is 28.4 Å². The lowest BCUT2D eigenvalue weighted by Gasteiger charge is -2.21. The molecule has 1 saturated carbocycles. The van der Waals surface area contributed by atoms with E-state index in [1.807, 2.05) is 0 Å². The zero-order chi connectivity index (χ0) is 19.2. The fraction of sp³-hybridized carbons (Fsp3) is 0.550. The minimum atomic E-state index is -0.477. The van der Waals surface area contributed by atoms with Gasteiger partial charge in [0, 0.05) is 24.0 Å². The number of hydrogen-bond acceptors (Lipinski definition) is 3. The second-order valence-corrected chi connectivity index (χ2v) is 7.73. The Hall–Kier alpha value is -2.08. The van der Waals surface area contributed by atoms with Crippen molar-refractivity contribution in [1.82, 2.24) is 14.9 Å². The summed E-state index contributed by atoms with van der Waals surface area (Å²) in [6.45, 7) is 0.213. The maximum Gasteiger partial charge on any atom is 0.328 e. The van der Waals surface area contributed by atoms with Crippen LogP contribution in [-0.2, 0) is 11.3 Å². The fourth-order valence-electron chi connectivity index (χ4n) is 3.73. The van der Waals surface area contributed by atoms with Crippen molar-refractivity contribution in [3.05, 3.63) is 44.1 Å². The van der Waals surface area contributed by atoms with Crippen LogP contribution in [0.25, 0.3) is 10.9 Å². The number of carbonyl (C=O) groups excluding carboxylic acids is 1. The van der Waals surface area contributed by atoms with Gasteiger partial charge in [-0.15, -0.1) is 0 Å². The second kappa shape index (κ2) is 9.22. The van der Waals surface area contributed by atoms with Crippen molar-refractivity contribution in [3.8, 4) is 0 Å². The molecule has 1 fully saturated rings. The summed E-state index contributed by atoms with van der Waals surface area (Å²) in [6, 6.07) is 5.05. The Morgan fingerprint density at radius 1 is 1.15 bits per heavy atom. The number of nitrogens with one attached hydrogen (secondary N) is 2. The molecule has 1 heterocycles. The van der Waals surface area contributed by atoms with Crippen LogP contribution in [-0.4, -0.2) is 21.5 Å². The highest BCUT2D eigenvalue weighted by atomic mass is 35.5. The Kier molecular flexibility index (Phi) is 6.72. The third-order valence-corrected chi connectivity index (χ3v) is 5.43. The van der Waals surface area contributed by atoms with E-state index in [1.165, 1.54) is 19.3 Å². The lowest BCUT2D eigenvalue weighted by atomic mass is 9.96. The van der Waals surface area contributed by atoms with Crippen LogP contribution >= 0.6 is 11.6 Å². The van der Waals surface area contributed by atoms with Crippen LogP contribution < -0.4 is 16.6 Å². The summed E-state index contributed by atoms with van der Waals surface area (Å²) in [6.07, 6.45) is 8.93. The summed E-state index contributed by atoms with van der Waals surface area (Å²) >= 11 is 5.91. The van der Waals surface area contributed by atoms with E-state index in [9.17, 15) is 14.4 Å². The molecule has 0 aliphatic heterocycles. The average molecular weight is 392 g/mol. The van der Waals surface area contributed by atoms with Crippen LogP contribution in [0.5, 0.6) is 0 Å². The molecule has 146 valence electrons. The van der Waals surface area contributed by atoms with Gasteiger partial charge in [-0.1, -0.05) is 43.7 Å². The first-order chi connectivity index (χ1) is 13.0. The number of H-pyrrole nitrogens is 1. The van der Waals surface area contributed by atoms with Gasteiger partial charge in [0.05, 0.1) is 10.9 Å². The summed E-state index contributed by atoms with van der Waals surface area (Å²) in [5, 5.41) is 3.99. The lowest BCUT2D eigenvalue weighted by molar-refractivity contribution is -0.122. The number of aromatic nitrogens is 2. The minimum absolute atomic E-state index is 0.00220. The summed E-state index contributed by atoms with van der Waals surface area (Å²) in [7, 11) is 0. The van der Waals surface area contributed by atoms with Crippen LogP contribution in [0.1, 0.15) is 57.8 Å². The molecule has 1 aromatic heterocycles. The molecule has 1 amide bonds. The van der Waals surface area contributed by atoms with Crippen LogP contribution in [0.4, 0.5) is 0 Å². The van der Waals surface area contributed by atoms with Crippen LogP contribution in [0.3, 0.4) is 0 Å². The number of halogens is 1. The van der Waals surface area contributed by atoms with E-state index in [1.54, 1.807) is 18.2 Å². The first kappa shape index (κ1) is 19.7. The predicted octanol–water partition coefficient (Wildman–Crippen LogP) is 3.35. The summed E-state index contributed by atoms with van der Waals surface area (Å²) in [5.41, 5.74) is -0.406. The highest BCUT2D eigenvalue weighted by molar-refractivity contribution is 6.31. The number of hydrogen-bond donors (Lipinski definition) is 2. The molecule has 27 heavy (non-hydrogen) atoms. The molecule has 0 saturated heterocycles. The zero-order valence-corrected chi connectivity index (χ0v) is 16.2. The van der Waals surface area contributed by atoms with E-state index in [0.29, 0.717) is 28.8 Å². The number of carbonyl (C=O) groups is 1. The maximum absolute atomic E-state index is 12.5. The van der Waals surface area contributed by atoms with Crippen LogP contribution in [0.15, 0.2) is 27.8 Å². The molecule has 0 atom stereocenters. The van der Waals surface area contributed by atoms with Gasteiger partial charge >= 0.3 is 5.69 Å². The van der Waals surface area contributed by atoms with Gasteiger partial charge in [0.1, 0.15) is 0 Å². The van der Waals surface area contributed by atoms with E-state index in [4.69, 9.17) is 11.6 Å². The number of rotatable bonds is 5. The van der Waals surface area contributed by atoms with Gasteiger partial charge in [-0.05, 0) is 37.5 Å². The molecule has 2 N–H and O–H groups in total. The number of amides is 1. The van der Waals surface area contributed by atoms with E-state index in [-0.39, 0.29) is 24.1 Å². The summed E-state index contributed by atoms with van der Waals surface area (Å²) in [4.78, 5) is 39.6. The molecule has 2 aromatic rings. The topological polar surface area (TPSA) is 84.0 Å². The Labute approximate surface area is 162 Å². The van der Waals surface area contributed by atoms with Crippen molar-refractivity contribution in [3.63, 3.8) is 0 Å². The molecule has 1 aromatic carbocycles. The van der Waals surface area contributed by atoms with Crippen molar-refractivity contribution in [1.29, 1.82) is 0 Å². The van der Waals surface area contributed by atoms with Gasteiger partial charge in [0.15, 0.2) is 0 Å². The van der Waals surface area contributed by atoms with Crippen molar-refractivity contribution < 1.29 is 4.79 Å². The number of benzene rings is 1. The molecule has 3 rings (SSSR count). The third kappa shape index (κ3) is 5.22. The highest BCUT2D eigenvalue weighted by Gasteiger charge is 2.14. The minimum Gasteiger partial charge on any atom is -0.353 e. The summed E-state index contributed by atoms with van der Waals surface area (Å²) < 4.78 is 1.15. The monoisotopic (exact) mass is 391 g/mol. The number of fused-ring (bicyclic) bond motifs is 1. The number of aromatic amines is 1. The van der Waals surface area contributed by atoms with Gasteiger partial charge in [0.25, 0.3) is 5.56 Å². The molecule has 0 unspecified atom stereocenters. The van der Waals surface area contributed by atoms with Crippen molar-refractivity contribution in [2.45, 2.75) is 70.4 Å². The van der Waals surface area contributed by atoms with E-state index in [2.05, 4.69) is 10.3 Å². The zero-order valence-electron chi connectivity index (χ0n) is 15.4. The third-order valence-electron chi connectivity index (χ3n) is 5.20. The van der Waals surface area contributed by atoms with Crippen LogP contribution in [0.2, 0.25) is 5.02 Å². The standard InChI is InChI=1S/C20H26ClN3O3/c21-14-10-11-16-17(13-14)23-20(27)24(19(16)26)12-6-9-18(25)22-15-7-4-2-1-3-5-8-15/h10-11,13,15H,1-9,12H2,(H,22,25)(H,23,27). The Balaban J connectivity index is 1.58. The van der Waals surface area contributed by atoms with Crippen LogP contribution in [0, 0.1) is 0 Å². The molecule has 0 bridgehead atoms. The van der Waals surface area contributed by atoms with E-state index < -0.39 is 5.69 Å². The van der Waals surface area contributed by atoms with Crippen molar-refractivity contribution in [2.75, 3.05) is 0 Å². The Morgan fingerprint density at radius 2 is 1.85 bits per heavy atom. The lowest BCUT2D eigenvalue weighted by Crippen LogP contribution is -2.37.